The van der Waals surface area contributed by atoms with Crippen LogP contribution < -0.4 is 4.74 Å². The smallest absolute Gasteiger partial charge is 0.326 e. The van der Waals surface area contributed by atoms with E-state index in [9.17, 15) is 14.7 Å². The van der Waals surface area contributed by atoms with Crippen molar-refractivity contribution >= 4 is 18.0 Å². The van der Waals surface area contributed by atoms with Crippen molar-refractivity contribution in [2.75, 3.05) is 6.61 Å². The van der Waals surface area contributed by atoms with Crippen LogP contribution in [0.2, 0.25) is 0 Å². The van der Waals surface area contributed by atoms with Crippen molar-refractivity contribution in [3.05, 3.63) is 64.9 Å². The molecule has 3 rings (SSSR count). The van der Waals surface area contributed by atoms with Gasteiger partial charge in [-0.1, -0.05) is 51.3 Å². The molecule has 0 aliphatic carbocycles. The van der Waals surface area contributed by atoms with Gasteiger partial charge in [0.05, 0.1) is 12.3 Å². The first-order valence-electron chi connectivity index (χ1n) is 12.5. The number of benzene rings is 1. The molecule has 1 amide bonds. The van der Waals surface area contributed by atoms with Gasteiger partial charge in [0.1, 0.15) is 17.6 Å². The number of hydrogen-bond donors (Lipinski definition) is 1. The Kier molecular flexibility index (Phi) is 9.70. The second-order valence-electron chi connectivity index (χ2n) is 8.84. The second kappa shape index (κ2) is 12.9. The number of fused-ring (bicyclic) bond motifs is 1. The Bertz CT molecular complexity index is 1070. The standard InChI is InChI=1S/C28H36N2O5/c1-4-6-8-10-12-27(31)30-19-22-17-23(14-13-21(22)18-25(30)28(32)33)34-16-15-24-20(3)35-26(29-24)11-9-7-5-2/h9-14,17,25H,4-8,15-16,18-19H2,1-3H3,(H,32,33)/b11-9+,12-10+/t25-/m0/s1. The first-order valence-corrected chi connectivity index (χ1v) is 12.5. The van der Waals surface area contributed by atoms with Gasteiger partial charge < -0.3 is 19.2 Å². The number of aliphatic carboxylic acids is 1. The quantitative estimate of drug-likeness (QED) is 0.318. The fraction of sp³-hybridized carbons (Fsp3) is 0.464. The Balaban J connectivity index is 1.63. The van der Waals surface area contributed by atoms with Crippen LogP contribution in [0.5, 0.6) is 5.75 Å². The number of carbonyl (C=O) groups excluding carboxylic acids is 1. The molecular weight excluding hydrogens is 444 g/mol. The van der Waals surface area contributed by atoms with Gasteiger partial charge in [-0.25, -0.2) is 9.78 Å². The van der Waals surface area contributed by atoms with E-state index in [0.29, 0.717) is 24.7 Å². The molecule has 1 atom stereocenters. The average Bonchev–Trinajstić information content (AvgIpc) is 3.20. The normalized spacial score (nSPS) is 15.6. The number of nitrogens with zero attached hydrogens (tertiary/aromatic N) is 2. The number of carboxylic acid groups (broad SMARTS) is 1. The lowest BCUT2D eigenvalue weighted by Gasteiger charge is -2.34. The molecule has 0 saturated heterocycles. The minimum Gasteiger partial charge on any atom is -0.493 e. The fourth-order valence-corrected chi connectivity index (χ4v) is 4.07. The predicted molar refractivity (Wildman–Crippen MR) is 135 cm³/mol. The zero-order chi connectivity index (χ0) is 25.2. The fourth-order valence-electron chi connectivity index (χ4n) is 4.07. The molecule has 2 aromatic rings. The van der Waals surface area contributed by atoms with Crippen molar-refractivity contribution in [3.8, 4) is 5.75 Å². The average molecular weight is 481 g/mol. The number of carbonyl (C=O) groups is 2. The van der Waals surface area contributed by atoms with E-state index in [1.54, 1.807) is 0 Å². The summed E-state index contributed by atoms with van der Waals surface area (Å²) < 4.78 is 11.7. The number of carboxylic acids is 1. The molecule has 0 bridgehead atoms. The molecule has 7 nitrogen and oxygen atoms in total. The van der Waals surface area contributed by atoms with Gasteiger partial charge in [0.25, 0.3) is 0 Å². The highest BCUT2D eigenvalue weighted by Crippen LogP contribution is 2.28. The van der Waals surface area contributed by atoms with Gasteiger partial charge in [0.15, 0.2) is 0 Å². The molecule has 0 saturated carbocycles. The first-order chi connectivity index (χ1) is 16.9. The summed E-state index contributed by atoms with van der Waals surface area (Å²) in [5, 5.41) is 9.70. The third-order valence-electron chi connectivity index (χ3n) is 6.09. The van der Waals surface area contributed by atoms with Gasteiger partial charge in [-0.15, -0.1) is 0 Å². The number of allylic oxidation sites excluding steroid dienone is 2. The third-order valence-corrected chi connectivity index (χ3v) is 6.09. The van der Waals surface area contributed by atoms with Crippen molar-refractivity contribution in [3.63, 3.8) is 0 Å². The summed E-state index contributed by atoms with van der Waals surface area (Å²) in [6, 6.07) is 4.79. The molecule has 1 N–H and O–H groups in total. The van der Waals surface area contributed by atoms with Gasteiger partial charge in [-0.3, -0.25) is 4.79 Å². The molecule has 1 aromatic carbocycles. The summed E-state index contributed by atoms with van der Waals surface area (Å²) in [7, 11) is 0. The SMILES string of the molecule is CCC/C=C/c1nc(CCOc2ccc3c(c2)CN(C(=O)/C=C/CCCC)[C@H](C(=O)O)C3)c(C)o1. The van der Waals surface area contributed by atoms with Gasteiger partial charge in [-0.05, 0) is 55.2 Å². The molecule has 1 aromatic heterocycles. The van der Waals surface area contributed by atoms with Crippen LogP contribution in [0.3, 0.4) is 0 Å². The molecule has 0 radical (unpaired) electrons. The van der Waals surface area contributed by atoms with Crippen LogP contribution >= 0.6 is 0 Å². The molecule has 35 heavy (non-hydrogen) atoms. The molecular formula is C28H36N2O5. The van der Waals surface area contributed by atoms with Crippen LogP contribution in [0, 0.1) is 6.92 Å². The summed E-state index contributed by atoms with van der Waals surface area (Å²) in [6.45, 7) is 6.80. The molecule has 0 fully saturated rings. The Hall–Kier alpha value is -3.35. The zero-order valence-corrected chi connectivity index (χ0v) is 21.0. The molecule has 0 spiro atoms. The highest BCUT2D eigenvalue weighted by atomic mass is 16.5. The van der Waals surface area contributed by atoms with Crippen molar-refractivity contribution < 1.29 is 23.8 Å². The van der Waals surface area contributed by atoms with Crippen molar-refractivity contribution in [2.45, 2.75) is 78.3 Å². The molecule has 188 valence electrons. The monoisotopic (exact) mass is 480 g/mol. The maximum Gasteiger partial charge on any atom is 0.326 e. The van der Waals surface area contributed by atoms with Crippen molar-refractivity contribution in [1.82, 2.24) is 9.88 Å². The molecule has 2 heterocycles. The van der Waals surface area contributed by atoms with E-state index in [1.807, 2.05) is 37.3 Å². The number of oxazole rings is 1. The number of unbranched alkanes of at least 4 members (excludes halogenated alkanes) is 3. The highest BCUT2D eigenvalue weighted by Gasteiger charge is 2.33. The summed E-state index contributed by atoms with van der Waals surface area (Å²) in [6.07, 6.45) is 13.1. The van der Waals surface area contributed by atoms with Gasteiger partial charge >= 0.3 is 5.97 Å². The van der Waals surface area contributed by atoms with Crippen LogP contribution in [0.1, 0.15) is 74.4 Å². The van der Waals surface area contributed by atoms with Crippen molar-refractivity contribution in [1.29, 1.82) is 0 Å². The summed E-state index contributed by atoms with van der Waals surface area (Å²) >= 11 is 0. The third kappa shape index (κ3) is 7.31. The minimum atomic E-state index is -0.988. The molecule has 1 aliphatic rings. The Morgan fingerprint density at radius 3 is 2.77 bits per heavy atom. The second-order valence-corrected chi connectivity index (χ2v) is 8.84. The van der Waals surface area contributed by atoms with E-state index in [4.69, 9.17) is 9.15 Å². The van der Waals surface area contributed by atoms with Crippen molar-refractivity contribution in [2.24, 2.45) is 0 Å². The van der Waals surface area contributed by atoms with Crippen LogP contribution in [0.4, 0.5) is 0 Å². The van der Waals surface area contributed by atoms with E-state index in [2.05, 4.69) is 24.9 Å². The number of aryl methyl sites for hydroxylation is 1. The summed E-state index contributed by atoms with van der Waals surface area (Å²) in [5.41, 5.74) is 2.71. The summed E-state index contributed by atoms with van der Waals surface area (Å²) in [4.78, 5) is 30.5. The highest BCUT2D eigenvalue weighted by molar-refractivity contribution is 5.91. The lowest BCUT2D eigenvalue weighted by molar-refractivity contribution is -0.149. The van der Waals surface area contributed by atoms with Gasteiger partial charge in [-0.2, -0.15) is 0 Å². The number of hydrogen-bond acceptors (Lipinski definition) is 5. The zero-order valence-electron chi connectivity index (χ0n) is 21.0. The Labute approximate surface area is 207 Å². The van der Waals surface area contributed by atoms with E-state index in [-0.39, 0.29) is 18.9 Å². The van der Waals surface area contributed by atoms with Crippen LogP contribution in [-0.4, -0.2) is 39.5 Å². The number of ether oxygens (including phenoxy) is 1. The largest absolute Gasteiger partial charge is 0.493 e. The van der Waals surface area contributed by atoms with Gasteiger partial charge in [0, 0.05) is 19.4 Å². The van der Waals surface area contributed by atoms with Crippen LogP contribution in [-0.2, 0) is 29.0 Å². The molecule has 0 unspecified atom stereocenters. The molecule has 7 heteroatoms. The molecule has 1 aliphatic heterocycles. The van der Waals surface area contributed by atoms with Crippen LogP contribution in [0.15, 0.2) is 40.8 Å². The Morgan fingerprint density at radius 2 is 2.03 bits per heavy atom. The lowest BCUT2D eigenvalue weighted by atomic mass is 9.93. The van der Waals surface area contributed by atoms with E-state index >= 15 is 0 Å². The summed E-state index contributed by atoms with van der Waals surface area (Å²) in [5.74, 6) is 0.832. The van der Waals surface area contributed by atoms with Gasteiger partial charge in [0.2, 0.25) is 11.8 Å². The number of rotatable bonds is 12. The van der Waals surface area contributed by atoms with E-state index < -0.39 is 12.0 Å². The lowest BCUT2D eigenvalue weighted by Crippen LogP contribution is -2.48. The maximum absolute atomic E-state index is 12.7. The minimum absolute atomic E-state index is 0.246. The Morgan fingerprint density at radius 1 is 1.20 bits per heavy atom. The van der Waals surface area contributed by atoms with E-state index in [0.717, 1.165) is 54.7 Å². The topological polar surface area (TPSA) is 92.9 Å². The first kappa shape index (κ1) is 26.3. The maximum atomic E-state index is 12.7. The number of aromatic nitrogens is 1. The van der Waals surface area contributed by atoms with Crippen LogP contribution in [0.25, 0.3) is 6.08 Å². The number of amides is 1. The van der Waals surface area contributed by atoms with E-state index in [1.165, 1.54) is 11.0 Å². The predicted octanol–water partition coefficient (Wildman–Crippen LogP) is 5.50.